The molecule has 0 radical (unpaired) electrons. The molecule has 0 spiro atoms. The zero-order chi connectivity index (χ0) is 14.7. The number of benzene rings is 2. The number of hydrogen-bond donors (Lipinski definition) is 1. The number of nitrogens with zero attached hydrogens (tertiary/aromatic N) is 1. The Kier molecular flexibility index (Phi) is 4.29. The summed E-state index contributed by atoms with van der Waals surface area (Å²) in [6, 6.07) is 12.4. The minimum absolute atomic E-state index is 0.0990. The lowest BCUT2D eigenvalue weighted by Crippen LogP contribution is -2.26. The van der Waals surface area contributed by atoms with E-state index >= 15 is 0 Å². The highest BCUT2D eigenvalue weighted by atomic mass is 79.9. The molecular weight excluding hydrogens is 320 g/mol. The molecule has 0 saturated heterocycles. The lowest BCUT2D eigenvalue weighted by atomic mass is 10.1. The zero-order valence-corrected chi connectivity index (χ0v) is 12.8. The molecule has 0 unspecified atom stereocenters. The number of carbonyl (C=O) groups is 1. The van der Waals surface area contributed by atoms with Crippen molar-refractivity contribution >= 4 is 33.2 Å². The van der Waals surface area contributed by atoms with E-state index in [4.69, 9.17) is 10.5 Å². The Morgan fingerprint density at radius 2 is 1.85 bits per heavy atom. The molecule has 2 rings (SSSR count). The van der Waals surface area contributed by atoms with Crippen LogP contribution in [0, 0.1) is 0 Å². The van der Waals surface area contributed by atoms with Crippen LogP contribution in [0.3, 0.4) is 0 Å². The summed E-state index contributed by atoms with van der Waals surface area (Å²) < 4.78 is 5.90. The molecule has 0 saturated carbocycles. The van der Waals surface area contributed by atoms with Crippen LogP contribution in [-0.2, 0) is 0 Å². The summed E-state index contributed by atoms with van der Waals surface area (Å²) in [5.41, 5.74) is 7.68. The maximum atomic E-state index is 12.4. The lowest BCUT2D eigenvalue weighted by molar-refractivity contribution is 0.0993. The highest BCUT2D eigenvalue weighted by Crippen LogP contribution is 2.26. The molecule has 1 amide bonds. The van der Waals surface area contributed by atoms with Crippen molar-refractivity contribution in [3.8, 4) is 5.75 Å². The minimum atomic E-state index is -0.0990. The Morgan fingerprint density at radius 3 is 2.40 bits per heavy atom. The Labute approximate surface area is 126 Å². The summed E-state index contributed by atoms with van der Waals surface area (Å²) in [5.74, 6) is 0.592. The topological polar surface area (TPSA) is 55.6 Å². The Morgan fingerprint density at radius 1 is 1.20 bits per heavy atom. The molecule has 0 bridgehead atoms. The molecule has 0 aliphatic rings. The summed E-state index contributed by atoms with van der Waals surface area (Å²) >= 11 is 3.38. The van der Waals surface area contributed by atoms with Crippen LogP contribution in [-0.4, -0.2) is 20.1 Å². The van der Waals surface area contributed by atoms with Gasteiger partial charge in [-0.2, -0.15) is 0 Å². The van der Waals surface area contributed by atoms with E-state index in [1.54, 1.807) is 49.4 Å². The molecule has 0 atom stereocenters. The number of ether oxygens (including phenoxy) is 1. The van der Waals surface area contributed by atoms with Crippen molar-refractivity contribution in [3.05, 3.63) is 52.5 Å². The molecule has 2 N–H and O–H groups in total. The van der Waals surface area contributed by atoms with Gasteiger partial charge in [0.05, 0.1) is 11.6 Å². The van der Waals surface area contributed by atoms with Gasteiger partial charge in [0.2, 0.25) is 0 Å². The zero-order valence-electron chi connectivity index (χ0n) is 11.3. The van der Waals surface area contributed by atoms with Crippen LogP contribution in [0.15, 0.2) is 46.9 Å². The molecule has 2 aromatic rings. The van der Waals surface area contributed by atoms with E-state index in [0.717, 1.165) is 10.2 Å². The van der Waals surface area contributed by atoms with Crippen LogP contribution >= 0.6 is 15.9 Å². The number of methoxy groups -OCH3 is 1. The molecule has 2 aromatic carbocycles. The molecule has 4 nitrogen and oxygen atoms in total. The number of nitrogen functional groups attached to an aromatic ring is 1. The van der Waals surface area contributed by atoms with Gasteiger partial charge in [-0.1, -0.05) is 0 Å². The number of amides is 1. The molecule has 0 aliphatic heterocycles. The van der Waals surface area contributed by atoms with E-state index < -0.39 is 0 Å². The molecular formula is C15H15BrN2O2. The van der Waals surface area contributed by atoms with E-state index in [1.165, 1.54) is 0 Å². The molecule has 0 fully saturated rings. The maximum absolute atomic E-state index is 12.4. The average molecular weight is 335 g/mol. The summed E-state index contributed by atoms with van der Waals surface area (Å²) in [6.45, 7) is 0. The van der Waals surface area contributed by atoms with E-state index in [0.29, 0.717) is 17.0 Å². The van der Waals surface area contributed by atoms with Crippen LogP contribution in [0.2, 0.25) is 0 Å². The fraction of sp³-hybridized carbons (Fsp3) is 0.133. The van der Waals surface area contributed by atoms with Crippen LogP contribution in [0.4, 0.5) is 11.4 Å². The van der Waals surface area contributed by atoms with Crippen molar-refractivity contribution in [1.29, 1.82) is 0 Å². The fourth-order valence-electron chi connectivity index (χ4n) is 1.81. The quantitative estimate of drug-likeness (QED) is 0.876. The van der Waals surface area contributed by atoms with Crippen molar-refractivity contribution in [2.75, 3.05) is 24.8 Å². The third kappa shape index (κ3) is 2.93. The highest BCUT2D eigenvalue weighted by Gasteiger charge is 2.14. The molecule has 104 valence electrons. The first kappa shape index (κ1) is 14.4. The van der Waals surface area contributed by atoms with Gasteiger partial charge in [-0.15, -0.1) is 0 Å². The lowest BCUT2D eigenvalue weighted by Gasteiger charge is -2.18. The van der Waals surface area contributed by atoms with Gasteiger partial charge in [0, 0.05) is 24.0 Å². The Bertz CT molecular complexity index is 626. The van der Waals surface area contributed by atoms with Gasteiger partial charge in [-0.05, 0) is 58.4 Å². The minimum Gasteiger partial charge on any atom is -0.496 e. The summed E-state index contributed by atoms with van der Waals surface area (Å²) in [5, 5.41) is 0. The summed E-state index contributed by atoms with van der Waals surface area (Å²) in [7, 11) is 3.31. The van der Waals surface area contributed by atoms with E-state index in [2.05, 4.69) is 15.9 Å². The number of carbonyl (C=O) groups excluding carboxylic acids is 1. The van der Waals surface area contributed by atoms with Gasteiger partial charge in [0.1, 0.15) is 5.75 Å². The second-order valence-electron chi connectivity index (χ2n) is 4.31. The second kappa shape index (κ2) is 5.96. The Hall–Kier alpha value is -2.01. The third-order valence-electron chi connectivity index (χ3n) is 2.98. The standard InChI is InChI=1S/C15H15BrN2O2/c1-18(12-6-4-11(17)5-7-12)15(19)10-3-8-14(20-2)13(16)9-10/h3-9H,17H2,1-2H3. The molecule has 5 heteroatoms. The Balaban J connectivity index is 2.26. The van der Waals surface area contributed by atoms with Crippen LogP contribution in [0.1, 0.15) is 10.4 Å². The van der Waals surface area contributed by atoms with Gasteiger partial charge < -0.3 is 15.4 Å². The molecule has 0 aromatic heterocycles. The number of anilines is 2. The first-order valence-corrected chi connectivity index (χ1v) is 6.79. The van der Waals surface area contributed by atoms with Crippen molar-refractivity contribution in [1.82, 2.24) is 0 Å². The largest absolute Gasteiger partial charge is 0.496 e. The van der Waals surface area contributed by atoms with Gasteiger partial charge in [0.15, 0.2) is 0 Å². The first-order chi connectivity index (χ1) is 9.52. The maximum Gasteiger partial charge on any atom is 0.258 e. The first-order valence-electron chi connectivity index (χ1n) is 6.00. The average Bonchev–Trinajstić information content (AvgIpc) is 2.46. The van der Waals surface area contributed by atoms with E-state index in [9.17, 15) is 4.79 Å². The van der Waals surface area contributed by atoms with Gasteiger partial charge in [0.25, 0.3) is 5.91 Å². The van der Waals surface area contributed by atoms with Crippen molar-refractivity contribution in [2.45, 2.75) is 0 Å². The summed E-state index contributed by atoms with van der Waals surface area (Å²) in [4.78, 5) is 14.0. The number of hydrogen-bond acceptors (Lipinski definition) is 3. The molecule has 20 heavy (non-hydrogen) atoms. The monoisotopic (exact) mass is 334 g/mol. The smallest absolute Gasteiger partial charge is 0.258 e. The van der Waals surface area contributed by atoms with Crippen LogP contribution in [0.25, 0.3) is 0 Å². The van der Waals surface area contributed by atoms with E-state index in [-0.39, 0.29) is 5.91 Å². The van der Waals surface area contributed by atoms with E-state index in [1.807, 2.05) is 12.1 Å². The highest BCUT2D eigenvalue weighted by molar-refractivity contribution is 9.10. The van der Waals surface area contributed by atoms with Crippen LogP contribution < -0.4 is 15.4 Å². The molecule has 0 aliphatic carbocycles. The van der Waals surface area contributed by atoms with Crippen molar-refractivity contribution in [2.24, 2.45) is 0 Å². The SMILES string of the molecule is COc1ccc(C(=O)N(C)c2ccc(N)cc2)cc1Br. The normalized spacial score (nSPS) is 10.2. The summed E-state index contributed by atoms with van der Waals surface area (Å²) in [6.07, 6.45) is 0. The van der Waals surface area contributed by atoms with Gasteiger partial charge in [-0.3, -0.25) is 4.79 Å². The molecule has 0 heterocycles. The number of rotatable bonds is 3. The third-order valence-corrected chi connectivity index (χ3v) is 3.60. The predicted octanol–water partition coefficient (Wildman–Crippen LogP) is 3.32. The van der Waals surface area contributed by atoms with Crippen molar-refractivity contribution in [3.63, 3.8) is 0 Å². The van der Waals surface area contributed by atoms with Gasteiger partial charge >= 0.3 is 0 Å². The van der Waals surface area contributed by atoms with Gasteiger partial charge in [-0.25, -0.2) is 0 Å². The number of halogens is 1. The fourth-order valence-corrected chi connectivity index (χ4v) is 2.35. The predicted molar refractivity (Wildman–Crippen MR) is 84.3 cm³/mol. The van der Waals surface area contributed by atoms with Crippen LogP contribution in [0.5, 0.6) is 5.75 Å². The second-order valence-corrected chi connectivity index (χ2v) is 5.16. The van der Waals surface area contributed by atoms with Crippen molar-refractivity contribution < 1.29 is 9.53 Å². The number of nitrogens with two attached hydrogens (primary N) is 1.